The summed E-state index contributed by atoms with van der Waals surface area (Å²) in [5.74, 6) is 0. The first-order chi connectivity index (χ1) is 19.9. The number of halogens is 2. The Bertz CT molecular complexity index is 1840. The van der Waals surface area contributed by atoms with Gasteiger partial charge in [0.2, 0.25) is 0 Å². The quantitative estimate of drug-likeness (QED) is 0.193. The Morgan fingerprint density at radius 3 is 1.64 bits per heavy atom. The summed E-state index contributed by atoms with van der Waals surface area (Å²) in [4.78, 5) is 0. The average molecular weight is 614 g/mol. The van der Waals surface area contributed by atoms with E-state index >= 15 is 0 Å². The summed E-state index contributed by atoms with van der Waals surface area (Å²) in [5.41, 5.74) is 9.29. The molecule has 4 aromatic carbocycles. The van der Waals surface area contributed by atoms with Gasteiger partial charge in [-0.2, -0.15) is 0 Å². The van der Waals surface area contributed by atoms with Gasteiger partial charge in [0.15, 0.2) is 10.4 Å². The van der Waals surface area contributed by atoms with Crippen molar-refractivity contribution in [1.29, 1.82) is 0 Å². The van der Waals surface area contributed by atoms with Crippen molar-refractivity contribution in [2.45, 2.75) is 47.1 Å². The lowest BCUT2D eigenvalue weighted by molar-refractivity contribution is 0.128. The first-order valence-electron chi connectivity index (χ1n) is 13.8. The maximum absolute atomic E-state index is 12.9. The molecule has 0 bridgehead atoms. The van der Waals surface area contributed by atoms with E-state index in [1.54, 1.807) is 12.1 Å². The maximum Gasteiger partial charge on any atom is 0.189 e. The highest BCUT2D eigenvalue weighted by Crippen LogP contribution is 2.38. The zero-order valence-corrected chi connectivity index (χ0v) is 27.0. The van der Waals surface area contributed by atoms with Gasteiger partial charge in [0, 0.05) is 16.2 Å². The van der Waals surface area contributed by atoms with Gasteiger partial charge < -0.3 is 5.11 Å². The molecule has 5 aromatic rings. The Morgan fingerprint density at radius 1 is 0.690 bits per heavy atom. The number of nitrogens with zero attached hydrogens (tertiary/aromatic N) is 2. The smallest absolute Gasteiger partial charge is 0.189 e. The molecule has 0 radical (unpaired) electrons. The summed E-state index contributed by atoms with van der Waals surface area (Å²) in [6.45, 7) is 12.6. The molecule has 0 fully saturated rings. The Morgan fingerprint density at radius 2 is 1.14 bits per heavy atom. The summed E-state index contributed by atoms with van der Waals surface area (Å²) in [6.07, 6.45) is 5.71. The van der Waals surface area contributed by atoms with Crippen LogP contribution in [0.1, 0.15) is 50.2 Å². The third-order valence-corrected chi connectivity index (χ3v) is 8.57. The van der Waals surface area contributed by atoms with Crippen LogP contribution in [-0.2, 0) is 5.60 Å². The fourth-order valence-electron chi connectivity index (χ4n) is 5.99. The molecule has 0 saturated carbocycles. The van der Waals surface area contributed by atoms with Crippen molar-refractivity contribution in [3.05, 3.63) is 150 Å². The van der Waals surface area contributed by atoms with Crippen molar-refractivity contribution in [2.75, 3.05) is 0 Å². The molecule has 1 unspecified atom stereocenters. The van der Waals surface area contributed by atoms with Crippen molar-refractivity contribution in [3.8, 4) is 11.4 Å². The van der Waals surface area contributed by atoms with Crippen LogP contribution in [0.3, 0.4) is 0 Å². The van der Waals surface area contributed by atoms with Crippen molar-refractivity contribution >= 4 is 41.5 Å². The summed E-state index contributed by atoms with van der Waals surface area (Å²) in [6, 6.07) is 23.5. The molecule has 1 aromatic heterocycles. The van der Waals surface area contributed by atoms with Crippen LogP contribution in [0, 0.1) is 46.3 Å². The van der Waals surface area contributed by atoms with Crippen molar-refractivity contribution < 1.29 is 5.11 Å². The maximum atomic E-state index is 12.9. The summed E-state index contributed by atoms with van der Waals surface area (Å²) < 4.78 is 4.63. The van der Waals surface area contributed by atoms with Crippen LogP contribution in [0.25, 0.3) is 17.5 Å². The van der Waals surface area contributed by atoms with E-state index in [0.717, 1.165) is 39.2 Å². The lowest BCUT2D eigenvalue weighted by Gasteiger charge is -2.28. The molecule has 5 rings (SSSR count). The lowest BCUT2D eigenvalue weighted by Crippen LogP contribution is -2.28. The minimum Gasteiger partial charge on any atom is -0.375 e. The van der Waals surface area contributed by atoms with Crippen LogP contribution in [-0.4, -0.2) is 14.2 Å². The van der Waals surface area contributed by atoms with Gasteiger partial charge in [0.05, 0.1) is 17.1 Å². The lowest BCUT2D eigenvalue weighted by atomic mass is 9.89. The third kappa shape index (κ3) is 5.65. The van der Waals surface area contributed by atoms with E-state index in [4.69, 9.17) is 35.4 Å². The van der Waals surface area contributed by atoms with Gasteiger partial charge >= 0.3 is 0 Å². The van der Waals surface area contributed by atoms with Crippen LogP contribution in [0.2, 0.25) is 10.0 Å². The molecule has 42 heavy (non-hydrogen) atoms. The predicted molar refractivity (Wildman–Crippen MR) is 179 cm³/mol. The molecule has 214 valence electrons. The normalized spacial score (nSPS) is 13.1. The SMILES string of the molecule is Cc1cc(C)c(-n2cc(C(O)(/C=C/c3ccc(Cl)cc3)c3ccc(Cl)cc3)n(-c3c(C)cc(C)cc3C)c2=S)c(C)c1. The highest BCUT2D eigenvalue weighted by molar-refractivity contribution is 7.71. The van der Waals surface area contributed by atoms with Crippen LogP contribution in [0.5, 0.6) is 0 Å². The summed E-state index contributed by atoms with van der Waals surface area (Å²) in [5, 5.41) is 14.1. The minimum atomic E-state index is -1.57. The van der Waals surface area contributed by atoms with E-state index in [1.165, 1.54) is 11.1 Å². The van der Waals surface area contributed by atoms with E-state index in [9.17, 15) is 5.11 Å². The molecule has 3 nitrogen and oxygen atoms in total. The Hall–Kier alpha value is -3.41. The highest BCUT2D eigenvalue weighted by atomic mass is 35.5. The molecule has 0 amide bonds. The van der Waals surface area contributed by atoms with Gasteiger partial charge in [0.25, 0.3) is 0 Å². The van der Waals surface area contributed by atoms with Crippen LogP contribution in [0.15, 0.2) is 85.1 Å². The minimum absolute atomic E-state index is 0.572. The first-order valence-corrected chi connectivity index (χ1v) is 15.0. The second kappa shape index (κ2) is 11.7. The molecular weight excluding hydrogens is 579 g/mol. The van der Waals surface area contributed by atoms with E-state index < -0.39 is 5.60 Å². The van der Waals surface area contributed by atoms with E-state index in [-0.39, 0.29) is 0 Å². The van der Waals surface area contributed by atoms with Gasteiger partial charge in [-0.05, 0) is 117 Å². The summed E-state index contributed by atoms with van der Waals surface area (Å²) in [7, 11) is 0. The highest BCUT2D eigenvalue weighted by Gasteiger charge is 2.35. The predicted octanol–water partition coefficient (Wildman–Crippen LogP) is 10.1. The molecule has 1 atom stereocenters. The Balaban J connectivity index is 1.89. The molecule has 0 aliphatic heterocycles. The molecule has 1 N–H and O–H groups in total. The number of benzene rings is 4. The van der Waals surface area contributed by atoms with Crippen molar-refractivity contribution in [2.24, 2.45) is 0 Å². The summed E-state index contributed by atoms with van der Waals surface area (Å²) >= 11 is 18.7. The zero-order valence-electron chi connectivity index (χ0n) is 24.7. The van der Waals surface area contributed by atoms with E-state index in [2.05, 4.69) is 65.8 Å². The van der Waals surface area contributed by atoms with Crippen molar-refractivity contribution in [3.63, 3.8) is 0 Å². The molecule has 0 saturated heterocycles. The number of rotatable bonds is 6. The molecular formula is C36H34Cl2N2OS. The van der Waals surface area contributed by atoms with Gasteiger partial charge in [-0.15, -0.1) is 0 Å². The standard InChI is InChI=1S/C36H34Cl2N2OS/c1-22-17-24(3)33(25(4)18-22)39-21-32(40(35(39)42)34-26(5)19-23(2)20-27(34)6)36(41,29-9-13-31(38)14-10-29)16-15-28-7-11-30(37)12-8-28/h7-21,41H,1-6H3/b16-15+. The van der Waals surface area contributed by atoms with Gasteiger partial charge in [-0.25, -0.2) is 0 Å². The monoisotopic (exact) mass is 612 g/mol. The molecule has 0 aliphatic carbocycles. The molecule has 0 spiro atoms. The third-order valence-electron chi connectivity index (χ3n) is 7.69. The van der Waals surface area contributed by atoms with E-state index in [0.29, 0.717) is 26.1 Å². The van der Waals surface area contributed by atoms with Crippen molar-refractivity contribution in [1.82, 2.24) is 9.13 Å². The van der Waals surface area contributed by atoms with Crippen LogP contribution in [0.4, 0.5) is 0 Å². The zero-order chi connectivity index (χ0) is 30.3. The molecule has 0 aliphatic rings. The number of imidazole rings is 1. The second-order valence-electron chi connectivity index (χ2n) is 11.2. The number of hydrogen-bond acceptors (Lipinski definition) is 2. The Kier molecular flexibility index (Phi) is 8.37. The molecule has 6 heteroatoms. The topological polar surface area (TPSA) is 30.1 Å². The number of aromatic nitrogens is 2. The number of aryl methyl sites for hydroxylation is 6. The van der Waals surface area contributed by atoms with Crippen LogP contribution < -0.4 is 0 Å². The van der Waals surface area contributed by atoms with Gasteiger partial charge in [0.1, 0.15) is 0 Å². The second-order valence-corrected chi connectivity index (χ2v) is 12.4. The fourth-order valence-corrected chi connectivity index (χ4v) is 6.58. The Labute approximate surface area is 263 Å². The first kappa shape index (κ1) is 30.1. The number of hydrogen-bond donors (Lipinski definition) is 1. The average Bonchev–Trinajstić information content (AvgIpc) is 3.24. The van der Waals surface area contributed by atoms with Gasteiger partial charge in [-0.3, -0.25) is 9.13 Å². The van der Waals surface area contributed by atoms with Crippen LogP contribution >= 0.6 is 35.4 Å². The molecule has 1 heterocycles. The largest absolute Gasteiger partial charge is 0.375 e. The number of aliphatic hydroxyl groups is 1. The van der Waals surface area contributed by atoms with E-state index in [1.807, 2.05) is 63.9 Å². The fraction of sp³-hybridized carbons (Fsp3) is 0.194. The van der Waals surface area contributed by atoms with Gasteiger partial charge in [-0.1, -0.05) is 88.9 Å².